The van der Waals surface area contributed by atoms with Crippen LogP contribution < -0.4 is 5.32 Å². The van der Waals surface area contributed by atoms with Gasteiger partial charge in [-0.3, -0.25) is 0 Å². The Morgan fingerprint density at radius 3 is 2.50 bits per heavy atom. The van der Waals surface area contributed by atoms with E-state index in [1.165, 1.54) is 0 Å². The standard InChI is InChI=1S/C16H23F2NO/c1-9(2)19-15(16-10(3)5-6-20-16)12-7-11(4)13(17)8-14(12)18/h7-10,15-16,19H,5-6H2,1-4H3. The molecule has 0 aliphatic carbocycles. The fourth-order valence-corrected chi connectivity index (χ4v) is 2.78. The molecule has 2 nitrogen and oxygen atoms in total. The Balaban J connectivity index is 2.38. The summed E-state index contributed by atoms with van der Waals surface area (Å²) in [6.07, 6.45) is 0.902. The number of nitrogens with one attached hydrogen (secondary N) is 1. The number of rotatable bonds is 4. The molecule has 1 saturated heterocycles. The molecular weight excluding hydrogens is 260 g/mol. The van der Waals surface area contributed by atoms with E-state index in [1.54, 1.807) is 13.0 Å². The van der Waals surface area contributed by atoms with Crippen molar-refractivity contribution in [1.82, 2.24) is 5.32 Å². The molecule has 0 amide bonds. The van der Waals surface area contributed by atoms with Crippen LogP contribution in [0.3, 0.4) is 0 Å². The van der Waals surface area contributed by atoms with Crippen molar-refractivity contribution in [3.05, 3.63) is 34.9 Å². The highest BCUT2D eigenvalue weighted by molar-refractivity contribution is 5.29. The minimum Gasteiger partial charge on any atom is -0.376 e. The molecule has 1 aliphatic rings. The zero-order chi connectivity index (χ0) is 14.9. The van der Waals surface area contributed by atoms with Gasteiger partial charge in [0.2, 0.25) is 0 Å². The second-order valence-corrected chi connectivity index (χ2v) is 6.02. The first kappa shape index (κ1) is 15.4. The summed E-state index contributed by atoms with van der Waals surface area (Å²) >= 11 is 0. The highest BCUT2D eigenvalue weighted by atomic mass is 19.1. The number of halogens is 2. The summed E-state index contributed by atoms with van der Waals surface area (Å²) in [5, 5.41) is 3.37. The maximum Gasteiger partial charge on any atom is 0.131 e. The predicted molar refractivity (Wildman–Crippen MR) is 75.6 cm³/mol. The summed E-state index contributed by atoms with van der Waals surface area (Å²) in [7, 11) is 0. The molecule has 0 bridgehead atoms. The van der Waals surface area contributed by atoms with Gasteiger partial charge in [-0.2, -0.15) is 0 Å². The first-order valence-corrected chi connectivity index (χ1v) is 7.23. The van der Waals surface area contributed by atoms with E-state index in [9.17, 15) is 8.78 Å². The van der Waals surface area contributed by atoms with Gasteiger partial charge in [-0.25, -0.2) is 8.78 Å². The van der Waals surface area contributed by atoms with Crippen LogP contribution >= 0.6 is 0 Å². The molecule has 112 valence electrons. The summed E-state index contributed by atoms with van der Waals surface area (Å²) in [5.74, 6) is -0.653. The lowest BCUT2D eigenvalue weighted by atomic mass is 9.91. The zero-order valence-electron chi connectivity index (χ0n) is 12.5. The third kappa shape index (κ3) is 3.18. The van der Waals surface area contributed by atoms with Crippen LogP contribution in [-0.2, 0) is 4.74 Å². The first-order valence-electron chi connectivity index (χ1n) is 7.23. The largest absolute Gasteiger partial charge is 0.376 e. The molecular formula is C16H23F2NO. The van der Waals surface area contributed by atoms with Gasteiger partial charge >= 0.3 is 0 Å². The van der Waals surface area contributed by atoms with Gasteiger partial charge in [0.15, 0.2) is 0 Å². The lowest BCUT2D eigenvalue weighted by molar-refractivity contribution is 0.0567. The summed E-state index contributed by atoms with van der Waals surface area (Å²) in [5.41, 5.74) is 0.957. The van der Waals surface area contributed by atoms with Crippen LogP contribution in [0.5, 0.6) is 0 Å². The Hall–Kier alpha value is -1.00. The van der Waals surface area contributed by atoms with Crippen molar-refractivity contribution in [3.8, 4) is 0 Å². The van der Waals surface area contributed by atoms with Gasteiger partial charge < -0.3 is 10.1 Å². The number of benzene rings is 1. The van der Waals surface area contributed by atoms with Crippen LogP contribution in [-0.4, -0.2) is 18.8 Å². The SMILES string of the molecule is Cc1cc(C(NC(C)C)C2OCCC2C)c(F)cc1F. The Labute approximate surface area is 119 Å². The van der Waals surface area contributed by atoms with Gasteiger partial charge in [0.25, 0.3) is 0 Å². The Morgan fingerprint density at radius 2 is 1.95 bits per heavy atom. The number of hydrogen-bond acceptors (Lipinski definition) is 2. The lowest BCUT2D eigenvalue weighted by Crippen LogP contribution is -2.39. The average molecular weight is 283 g/mol. The lowest BCUT2D eigenvalue weighted by Gasteiger charge is -2.30. The third-order valence-electron chi connectivity index (χ3n) is 3.90. The molecule has 1 heterocycles. The molecule has 2 rings (SSSR count). The monoisotopic (exact) mass is 283 g/mol. The number of hydrogen-bond donors (Lipinski definition) is 1. The van der Waals surface area contributed by atoms with E-state index in [0.717, 1.165) is 12.5 Å². The van der Waals surface area contributed by atoms with E-state index >= 15 is 0 Å². The van der Waals surface area contributed by atoms with E-state index in [0.29, 0.717) is 23.7 Å². The van der Waals surface area contributed by atoms with Crippen LogP contribution in [0.2, 0.25) is 0 Å². The molecule has 1 aliphatic heterocycles. The normalized spacial score (nSPS) is 24.4. The Bertz CT molecular complexity index is 476. The first-order chi connectivity index (χ1) is 9.40. The van der Waals surface area contributed by atoms with E-state index in [-0.39, 0.29) is 18.2 Å². The molecule has 3 atom stereocenters. The van der Waals surface area contributed by atoms with Gasteiger partial charge in [0, 0.05) is 24.3 Å². The topological polar surface area (TPSA) is 21.3 Å². The molecule has 3 unspecified atom stereocenters. The molecule has 0 aromatic heterocycles. The van der Waals surface area contributed by atoms with Gasteiger partial charge in [-0.15, -0.1) is 0 Å². The van der Waals surface area contributed by atoms with Gasteiger partial charge in [-0.1, -0.05) is 20.8 Å². The van der Waals surface area contributed by atoms with Gasteiger partial charge in [0.05, 0.1) is 12.1 Å². The molecule has 0 saturated carbocycles. The second kappa shape index (κ2) is 6.19. The number of aryl methyl sites for hydroxylation is 1. The molecule has 0 spiro atoms. The maximum atomic E-state index is 14.2. The fraction of sp³-hybridized carbons (Fsp3) is 0.625. The van der Waals surface area contributed by atoms with Gasteiger partial charge in [0.1, 0.15) is 11.6 Å². The Kier molecular flexibility index (Phi) is 4.76. The number of ether oxygens (including phenoxy) is 1. The molecule has 1 fully saturated rings. The molecule has 1 aromatic carbocycles. The average Bonchev–Trinajstić information content (AvgIpc) is 2.77. The Morgan fingerprint density at radius 1 is 1.25 bits per heavy atom. The fourth-order valence-electron chi connectivity index (χ4n) is 2.78. The summed E-state index contributed by atoms with van der Waals surface area (Å²) in [4.78, 5) is 0. The molecule has 4 heteroatoms. The van der Waals surface area contributed by atoms with Crippen molar-refractivity contribution in [2.24, 2.45) is 5.92 Å². The predicted octanol–water partition coefficient (Wildman–Crippen LogP) is 3.74. The quantitative estimate of drug-likeness (QED) is 0.909. The van der Waals surface area contributed by atoms with Crippen LogP contribution in [0, 0.1) is 24.5 Å². The molecule has 1 aromatic rings. The maximum absolute atomic E-state index is 14.2. The van der Waals surface area contributed by atoms with Crippen LogP contribution in [0.15, 0.2) is 12.1 Å². The van der Waals surface area contributed by atoms with Crippen molar-refractivity contribution >= 4 is 0 Å². The van der Waals surface area contributed by atoms with Gasteiger partial charge in [-0.05, 0) is 30.9 Å². The molecule has 0 radical (unpaired) electrons. The minimum atomic E-state index is -0.506. The molecule has 20 heavy (non-hydrogen) atoms. The van der Waals surface area contributed by atoms with Crippen molar-refractivity contribution in [2.45, 2.75) is 52.3 Å². The van der Waals surface area contributed by atoms with Crippen molar-refractivity contribution in [1.29, 1.82) is 0 Å². The summed E-state index contributed by atoms with van der Waals surface area (Å²) in [6, 6.07) is 2.52. The third-order valence-corrected chi connectivity index (χ3v) is 3.90. The van der Waals surface area contributed by atoms with E-state index in [4.69, 9.17) is 4.74 Å². The van der Waals surface area contributed by atoms with Crippen molar-refractivity contribution in [2.75, 3.05) is 6.61 Å². The zero-order valence-corrected chi connectivity index (χ0v) is 12.5. The van der Waals surface area contributed by atoms with E-state index in [1.807, 2.05) is 13.8 Å². The highest BCUT2D eigenvalue weighted by Crippen LogP contribution is 2.33. The van der Waals surface area contributed by atoms with Crippen LogP contribution in [0.4, 0.5) is 8.78 Å². The highest BCUT2D eigenvalue weighted by Gasteiger charge is 2.35. The summed E-state index contributed by atoms with van der Waals surface area (Å²) < 4.78 is 33.4. The summed E-state index contributed by atoms with van der Waals surface area (Å²) in [6.45, 7) is 8.50. The van der Waals surface area contributed by atoms with Crippen LogP contribution in [0.25, 0.3) is 0 Å². The van der Waals surface area contributed by atoms with E-state index < -0.39 is 11.6 Å². The van der Waals surface area contributed by atoms with E-state index in [2.05, 4.69) is 12.2 Å². The van der Waals surface area contributed by atoms with Crippen molar-refractivity contribution in [3.63, 3.8) is 0 Å². The van der Waals surface area contributed by atoms with Crippen LogP contribution in [0.1, 0.15) is 44.4 Å². The van der Waals surface area contributed by atoms with Crippen molar-refractivity contribution < 1.29 is 13.5 Å². The minimum absolute atomic E-state index is 0.0724. The molecule has 1 N–H and O–H groups in total. The second-order valence-electron chi connectivity index (χ2n) is 6.02. The smallest absolute Gasteiger partial charge is 0.131 e.